The molecule has 9 nitrogen and oxygen atoms in total. The Kier molecular flexibility index (Phi) is 7.39. The van der Waals surface area contributed by atoms with Gasteiger partial charge in [0.1, 0.15) is 5.39 Å². The summed E-state index contributed by atoms with van der Waals surface area (Å²) < 4.78 is 12.1. The van der Waals surface area contributed by atoms with Gasteiger partial charge in [0.2, 0.25) is 5.91 Å². The highest BCUT2D eigenvalue weighted by Gasteiger charge is 2.13. The van der Waals surface area contributed by atoms with Crippen molar-refractivity contribution < 1.29 is 14.3 Å². The number of nitrogens with zero attached hydrogens (tertiary/aromatic N) is 3. The molecular formula is C23H22ClN5O4S. The summed E-state index contributed by atoms with van der Waals surface area (Å²) in [7, 11) is 3.17. The lowest BCUT2D eigenvalue weighted by Gasteiger charge is -2.10. The lowest BCUT2D eigenvalue weighted by atomic mass is 10.1. The zero-order valence-electron chi connectivity index (χ0n) is 18.5. The van der Waals surface area contributed by atoms with Gasteiger partial charge in [0.25, 0.3) is 5.56 Å². The van der Waals surface area contributed by atoms with Gasteiger partial charge in [-0.2, -0.15) is 5.10 Å². The van der Waals surface area contributed by atoms with Crippen molar-refractivity contribution in [1.82, 2.24) is 25.1 Å². The van der Waals surface area contributed by atoms with Crippen molar-refractivity contribution >= 4 is 40.3 Å². The maximum Gasteiger partial charge on any atom is 0.262 e. The highest BCUT2D eigenvalue weighted by molar-refractivity contribution is 7.99. The summed E-state index contributed by atoms with van der Waals surface area (Å²) in [5.41, 5.74) is 1.76. The van der Waals surface area contributed by atoms with Crippen LogP contribution in [0.15, 0.2) is 58.6 Å². The fourth-order valence-corrected chi connectivity index (χ4v) is 4.20. The molecule has 4 aromatic rings. The number of fused-ring (bicyclic) bond motifs is 1. The predicted octanol–water partition coefficient (Wildman–Crippen LogP) is 3.23. The van der Waals surface area contributed by atoms with Crippen LogP contribution in [0.1, 0.15) is 5.56 Å². The van der Waals surface area contributed by atoms with Gasteiger partial charge < -0.3 is 19.8 Å². The Morgan fingerprint density at radius 2 is 2.00 bits per heavy atom. The molecule has 0 aliphatic heterocycles. The Bertz CT molecular complexity index is 1390. The molecule has 0 saturated heterocycles. The molecule has 0 aliphatic carbocycles. The van der Waals surface area contributed by atoms with Crippen molar-refractivity contribution in [2.75, 3.05) is 26.5 Å². The molecule has 4 rings (SSSR count). The number of aromatic nitrogens is 4. The molecule has 0 fully saturated rings. The fourth-order valence-electron chi connectivity index (χ4n) is 3.33. The first-order valence-electron chi connectivity index (χ1n) is 10.3. The first-order chi connectivity index (χ1) is 16.5. The third-order valence-electron chi connectivity index (χ3n) is 4.99. The highest BCUT2D eigenvalue weighted by atomic mass is 35.5. The minimum Gasteiger partial charge on any atom is -0.493 e. The van der Waals surface area contributed by atoms with Crippen molar-refractivity contribution in [1.29, 1.82) is 0 Å². The number of amides is 1. The van der Waals surface area contributed by atoms with Gasteiger partial charge in [0, 0.05) is 11.6 Å². The zero-order valence-corrected chi connectivity index (χ0v) is 20.1. The number of hydrogen-bond donors (Lipinski definition) is 2. The maximum absolute atomic E-state index is 12.5. The molecule has 0 radical (unpaired) electrons. The number of carbonyl (C=O) groups excluding carboxylic acids is 1. The van der Waals surface area contributed by atoms with Gasteiger partial charge in [-0.1, -0.05) is 35.5 Å². The molecule has 0 unspecified atom stereocenters. The molecule has 0 saturated carbocycles. The number of halogens is 1. The van der Waals surface area contributed by atoms with E-state index in [0.717, 1.165) is 17.3 Å². The first-order valence-corrected chi connectivity index (χ1v) is 11.7. The number of aromatic amines is 1. The van der Waals surface area contributed by atoms with E-state index in [1.165, 1.54) is 6.20 Å². The van der Waals surface area contributed by atoms with Gasteiger partial charge in [-0.25, -0.2) is 9.67 Å². The lowest BCUT2D eigenvalue weighted by molar-refractivity contribution is -0.118. The van der Waals surface area contributed by atoms with Crippen LogP contribution in [0.3, 0.4) is 0 Å². The normalized spacial score (nSPS) is 10.9. The molecule has 1 amide bonds. The fraction of sp³-hybridized carbons (Fsp3) is 0.217. The van der Waals surface area contributed by atoms with E-state index in [-0.39, 0.29) is 17.2 Å². The molecular weight excluding hydrogens is 478 g/mol. The van der Waals surface area contributed by atoms with Gasteiger partial charge in [-0.15, -0.1) is 0 Å². The molecule has 2 N–H and O–H groups in total. The molecule has 176 valence electrons. The van der Waals surface area contributed by atoms with E-state index >= 15 is 0 Å². The lowest BCUT2D eigenvalue weighted by Crippen LogP contribution is -2.27. The minimum absolute atomic E-state index is 0.103. The van der Waals surface area contributed by atoms with Gasteiger partial charge in [-0.3, -0.25) is 9.59 Å². The van der Waals surface area contributed by atoms with Gasteiger partial charge in [-0.05, 0) is 42.3 Å². The number of rotatable bonds is 9. The van der Waals surface area contributed by atoms with Crippen LogP contribution < -0.4 is 20.3 Å². The number of carbonyl (C=O) groups is 1. The van der Waals surface area contributed by atoms with Crippen LogP contribution in [0.2, 0.25) is 5.02 Å². The number of H-pyrrole nitrogens is 1. The molecule has 0 aliphatic rings. The predicted molar refractivity (Wildman–Crippen MR) is 131 cm³/mol. The van der Waals surface area contributed by atoms with E-state index in [4.69, 9.17) is 21.1 Å². The van der Waals surface area contributed by atoms with Crippen molar-refractivity contribution in [3.05, 3.63) is 69.6 Å². The molecule has 0 bridgehead atoms. The Morgan fingerprint density at radius 3 is 2.76 bits per heavy atom. The average Bonchev–Trinajstić information content (AvgIpc) is 3.27. The second kappa shape index (κ2) is 10.6. The van der Waals surface area contributed by atoms with E-state index in [1.807, 2.05) is 24.3 Å². The average molecular weight is 500 g/mol. The van der Waals surface area contributed by atoms with Crippen LogP contribution in [0.25, 0.3) is 16.7 Å². The Morgan fingerprint density at radius 1 is 1.18 bits per heavy atom. The number of ether oxygens (including phenoxy) is 2. The second-order valence-electron chi connectivity index (χ2n) is 7.22. The van der Waals surface area contributed by atoms with Crippen LogP contribution in [0.5, 0.6) is 11.5 Å². The van der Waals surface area contributed by atoms with Crippen molar-refractivity contribution in [3.63, 3.8) is 0 Å². The summed E-state index contributed by atoms with van der Waals surface area (Å²) in [6, 6.07) is 12.7. The summed E-state index contributed by atoms with van der Waals surface area (Å²) in [5.74, 6) is 1.23. The Hall–Kier alpha value is -3.50. The summed E-state index contributed by atoms with van der Waals surface area (Å²) in [6.45, 7) is 0.458. The standard InChI is InChI=1S/C23H22ClN5O4S/c1-32-18-7-6-14(10-19(18)33-2)8-9-25-20(30)13-34-23-27-21-17(22(31)28-23)12-26-29(21)16-5-3-4-15(24)11-16/h3-7,10-12H,8-9,13H2,1-2H3,(H,25,30)(H,27,28,31). The molecule has 11 heteroatoms. The van der Waals surface area contributed by atoms with Gasteiger partial charge in [0.15, 0.2) is 22.3 Å². The quantitative estimate of drug-likeness (QED) is 0.268. The Labute approximate surface area is 204 Å². The van der Waals surface area contributed by atoms with Crippen LogP contribution in [-0.4, -0.2) is 52.2 Å². The summed E-state index contributed by atoms with van der Waals surface area (Å²) in [4.78, 5) is 32.0. The number of thioether (sulfide) groups is 1. The highest BCUT2D eigenvalue weighted by Crippen LogP contribution is 2.27. The van der Waals surface area contributed by atoms with E-state index in [1.54, 1.807) is 37.1 Å². The summed E-state index contributed by atoms with van der Waals surface area (Å²) in [5, 5.41) is 8.37. The number of benzene rings is 2. The smallest absolute Gasteiger partial charge is 0.262 e. The largest absolute Gasteiger partial charge is 0.493 e. The van der Waals surface area contributed by atoms with E-state index < -0.39 is 0 Å². The first kappa shape index (κ1) is 23.7. The van der Waals surface area contributed by atoms with Gasteiger partial charge in [0.05, 0.1) is 31.9 Å². The van der Waals surface area contributed by atoms with Crippen LogP contribution >= 0.6 is 23.4 Å². The van der Waals surface area contributed by atoms with Crippen LogP contribution in [0.4, 0.5) is 0 Å². The van der Waals surface area contributed by atoms with Crippen molar-refractivity contribution in [2.24, 2.45) is 0 Å². The molecule has 34 heavy (non-hydrogen) atoms. The SMILES string of the molecule is COc1ccc(CCNC(=O)CSc2nc3c(cnn3-c3cccc(Cl)c3)c(=O)[nH]2)cc1OC. The second-order valence-corrected chi connectivity index (χ2v) is 8.62. The third kappa shape index (κ3) is 5.35. The van der Waals surface area contributed by atoms with Crippen LogP contribution in [0, 0.1) is 0 Å². The summed E-state index contributed by atoms with van der Waals surface area (Å²) >= 11 is 7.22. The summed E-state index contributed by atoms with van der Waals surface area (Å²) in [6.07, 6.45) is 2.09. The topological polar surface area (TPSA) is 111 Å². The van der Waals surface area contributed by atoms with E-state index in [2.05, 4.69) is 20.4 Å². The van der Waals surface area contributed by atoms with E-state index in [0.29, 0.717) is 51.4 Å². The van der Waals surface area contributed by atoms with Crippen molar-refractivity contribution in [2.45, 2.75) is 11.6 Å². The van der Waals surface area contributed by atoms with E-state index in [9.17, 15) is 9.59 Å². The number of hydrogen-bond acceptors (Lipinski definition) is 7. The Balaban J connectivity index is 1.38. The maximum atomic E-state index is 12.5. The number of methoxy groups -OCH3 is 2. The molecule has 2 aromatic carbocycles. The zero-order chi connectivity index (χ0) is 24.1. The number of nitrogens with one attached hydrogen (secondary N) is 2. The molecule has 2 aromatic heterocycles. The molecule has 2 heterocycles. The third-order valence-corrected chi connectivity index (χ3v) is 6.10. The van der Waals surface area contributed by atoms with Gasteiger partial charge >= 0.3 is 0 Å². The molecule has 0 atom stereocenters. The van der Waals surface area contributed by atoms with Crippen LogP contribution in [-0.2, 0) is 11.2 Å². The monoisotopic (exact) mass is 499 g/mol. The minimum atomic E-state index is -0.324. The molecule has 0 spiro atoms. The van der Waals surface area contributed by atoms with Crippen molar-refractivity contribution in [3.8, 4) is 17.2 Å².